The van der Waals surface area contributed by atoms with Gasteiger partial charge in [0, 0.05) is 20.1 Å². The van der Waals surface area contributed by atoms with Crippen LogP contribution in [0.25, 0.3) is 0 Å². The quantitative estimate of drug-likeness (QED) is 0.597. The summed E-state index contributed by atoms with van der Waals surface area (Å²) in [5.41, 5.74) is 0. The van der Waals surface area contributed by atoms with Crippen LogP contribution in [0.15, 0.2) is 0 Å². The molecular formula is C7H14N2O3. The number of hydrogen-bond acceptors (Lipinski definition) is 3. The van der Waals surface area contributed by atoms with Gasteiger partial charge in [0.1, 0.15) is 0 Å². The molecule has 0 radical (unpaired) electrons. The van der Waals surface area contributed by atoms with E-state index in [1.54, 1.807) is 7.05 Å². The third-order valence-electron chi connectivity index (χ3n) is 1.81. The van der Waals surface area contributed by atoms with Crippen LogP contribution in [-0.4, -0.2) is 55.5 Å². The topological polar surface area (TPSA) is 61.8 Å². The van der Waals surface area contributed by atoms with Gasteiger partial charge in [-0.2, -0.15) is 0 Å². The highest BCUT2D eigenvalue weighted by Gasteiger charge is 2.17. The Morgan fingerprint density at radius 3 is 3.08 bits per heavy atom. The zero-order valence-corrected chi connectivity index (χ0v) is 7.12. The van der Waals surface area contributed by atoms with Crippen molar-refractivity contribution in [1.82, 2.24) is 10.2 Å². The molecule has 1 aliphatic rings. The Balaban J connectivity index is 2.24. The predicted molar refractivity (Wildman–Crippen MR) is 43.3 cm³/mol. The molecule has 12 heavy (non-hydrogen) atoms. The predicted octanol–water partition coefficient (Wildman–Crippen LogP) is -0.415. The molecule has 0 aromatic carbocycles. The molecule has 0 saturated carbocycles. The molecule has 0 aromatic heterocycles. The van der Waals surface area contributed by atoms with Crippen molar-refractivity contribution in [3.63, 3.8) is 0 Å². The summed E-state index contributed by atoms with van der Waals surface area (Å²) in [6.45, 7) is 2.69. The molecule has 70 valence electrons. The number of ether oxygens (including phenoxy) is 1. The zero-order valence-electron chi connectivity index (χ0n) is 7.12. The summed E-state index contributed by atoms with van der Waals surface area (Å²) in [6.07, 6.45) is -0.913. The van der Waals surface area contributed by atoms with E-state index in [1.807, 2.05) is 0 Å². The van der Waals surface area contributed by atoms with Crippen molar-refractivity contribution in [3.05, 3.63) is 0 Å². The lowest BCUT2D eigenvalue weighted by atomic mass is 10.3. The van der Waals surface area contributed by atoms with Crippen LogP contribution in [-0.2, 0) is 4.74 Å². The van der Waals surface area contributed by atoms with Gasteiger partial charge in [-0.25, -0.2) is 4.79 Å². The Hall–Kier alpha value is -0.810. The van der Waals surface area contributed by atoms with Crippen molar-refractivity contribution >= 4 is 6.09 Å². The van der Waals surface area contributed by atoms with E-state index in [0.29, 0.717) is 13.2 Å². The number of rotatable bonds is 2. The minimum absolute atomic E-state index is 0.000139. The van der Waals surface area contributed by atoms with E-state index in [0.717, 1.165) is 13.1 Å². The molecule has 5 heteroatoms. The van der Waals surface area contributed by atoms with Crippen LogP contribution in [0.2, 0.25) is 0 Å². The van der Waals surface area contributed by atoms with E-state index in [1.165, 1.54) is 4.90 Å². The van der Waals surface area contributed by atoms with Gasteiger partial charge in [-0.3, -0.25) is 0 Å². The van der Waals surface area contributed by atoms with Crippen LogP contribution in [0.4, 0.5) is 4.79 Å². The van der Waals surface area contributed by atoms with E-state index in [-0.39, 0.29) is 6.10 Å². The largest absolute Gasteiger partial charge is 0.465 e. The van der Waals surface area contributed by atoms with Crippen LogP contribution in [0, 0.1) is 0 Å². The second kappa shape index (κ2) is 4.27. The monoisotopic (exact) mass is 174 g/mol. The fraction of sp³-hybridized carbons (Fsp3) is 0.857. The first-order valence-corrected chi connectivity index (χ1v) is 3.96. The van der Waals surface area contributed by atoms with E-state index in [4.69, 9.17) is 9.84 Å². The summed E-state index contributed by atoms with van der Waals surface area (Å²) in [6, 6.07) is 0. The molecule has 1 rings (SSSR count). The van der Waals surface area contributed by atoms with Gasteiger partial charge in [-0.05, 0) is 0 Å². The van der Waals surface area contributed by atoms with E-state index < -0.39 is 6.09 Å². The van der Waals surface area contributed by atoms with E-state index >= 15 is 0 Å². The number of carboxylic acid groups (broad SMARTS) is 1. The van der Waals surface area contributed by atoms with Gasteiger partial charge in [0.05, 0.1) is 19.3 Å². The Morgan fingerprint density at radius 2 is 2.58 bits per heavy atom. The number of morpholine rings is 1. The van der Waals surface area contributed by atoms with Gasteiger partial charge in [-0.1, -0.05) is 0 Å². The molecule has 0 unspecified atom stereocenters. The molecule has 0 bridgehead atoms. The Labute approximate surface area is 71.3 Å². The average Bonchev–Trinajstić information content (AvgIpc) is 2.06. The lowest BCUT2D eigenvalue weighted by molar-refractivity contribution is 0.0117. The van der Waals surface area contributed by atoms with Gasteiger partial charge in [0.15, 0.2) is 0 Å². The Bertz CT molecular complexity index is 157. The molecule has 1 atom stereocenters. The summed E-state index contributed by atoms with van der Waals surface area (Å²) in [7, 11) is 1.54. The first-order valence-electron chi connectivity index (χ1n) is 3.96. The lowest BCUT2D eigenvalue weighted by Crippen LogP contribution is -2.45. The van der Waals surface area contributed by atoms with Crippen LogP contribution >= 0.6 is 0 Å². The van der Waals surface area contributed by atoms with Gasteiger partial charge in [0.2, 0.25) is 0 Å². The third kappa shape index (κ3) is 2.67. The van der Waals surface area contributed by atoms with Crippen molar-refractivity contribution < 1.29 is 14.6 Å². The van der Waals surface area contributed by atoms with Crippen molar-refractivity contribution in [2.75, 3.05) is 33.3 Å². The number of amides is 1. The number of nitrogens with one attached hydrogen (secondary N) is 1. The first kappa shape index (κ1) is 9.28. The fourth-order valence-corrected chi connectivity index (χ4v) is 1.12. The Morgan fingerprint density at radius 1 is 1.83 bits per heavy atom. The molecule has 1 fully saturated rings. The van der Waals surface area contributed by atoms with Gasteiger partial charge >= 0.3 is 6.09 Å². The number of hydrogen-bond donors (Lipinski definition) is 2. The maximum absolute atomic E-state index is 10.4. The van der Waals surface area contributed by atoms with Crippen LogP contribution in [0.3, 0.4) is 0 Å². The standard InChI is InChI=1S/C7H14N2O3/c1-9(7(10)11)5-6-4-8-2-3-12-6/h6,8H,2-5H2,1H3,(H,10,11)/t6-/m0/s1. The summed E-state index contributed by atoms with van der Waals surface area (Å²) < 4.78 is 5.33. The van der Waals surface area contributed by atoms with Crippen LogP contribution in [0.5, 0.6) is 0 Å². The molecule has 0 aliphatic carbocycles. The third-order valence-corrected chi connectivity index (χ3v) is 1.81. The zero-order chi connectivity index (χ0) is 8.97. The maximum Gasteiger partial charge on any atom is 0.407 e. The SMILES string of the molecule is CN(C[C@@H]1CNCCO1)C(=O)O. The summed E-state index contributed by atoms with van der Waals surface area (Å²) in [4.78, 5) is 11.7. The Kier molecular flexibility index (Phi) is 3.31. The molecule has 1 heterocycles. The molecule has 1 aliphatic heterocycles. The molecular weight excluding hydrogens is 160 g/mol. The minimum atomic E-state index is -0.913. The summed E-state index contributed by atoms with van der Waals surface area (Å²) >= 11 is 0. The average molecular weight is 174 g/mol. The second-order valence-electron chi connectivity index (χ2n) is 2.86. The highest BCUT2D eigenvalue weighted by atomic mass is 16.5. The van der Waals surface area contributed by atoms with Crippen LogP contribution in [0.1, 0.15) is 0 Å². The summed E-state index contributed by atoms with van der Waals surface area (Å²) in [5.74, 6) is 0. The molecule has 1 saturated heterocycles. The van der Waals surface area contributed by atoms with Gasteiger partial charge in [-0.15, -0.1) is 0 Å². The van der Waals surface area contributed by atoms with Gasteiger partial charge < -0.3 is 20.1 Å². The van der Waals surface area contributed by atoms with Crippen molar-refractivity contribution in [2.24, 2.45) is 0 Å². The summed E-state index contributed by atoms with van der Waals surface area (Å²) in [5, 5.41) is 11.7. The second-order valence-corrected chi connectivity index (χ2v) is 2.86. The van der Waals surface area contributed by atoms with Crippen molar-refractivity contribution in [1.29, 1.82) is 0 Å². The molecule has 0 aromatic rings. The highest BCUT2D eigenvalue weighted by Crippen LogP contribution is 1.98. The van der Waals surface area contributed by atoms with Crippen LogP contribution < -0.4 is 5.32 Å². The normalized spacial score (nSPS) is 23.6. The number of nitrogens with zero attached hydrogens (tertiary/aromatic N) is 1. The molecule has 5 nitrogen and oxygen atoms in total. The van der Waals surface area contributed by atoms with Crippen molar-refractivity contribution in [3.8, 4) is 0 Å². The highest BCUT2D eigenvalue weighted by molar-refractivity contribution is 5.64. The van der Waals surface area contributed by atoms with Crippen molar-refractivity contribution in [2.45, 2.75) is 6.10 Å². The fourth-order valence-electron chi connectivity index (χ4n) is 1.12. The van der Waals surface area contributed by atoms with E-state index in [2.05, 4.69) is 5.32 Å². The lowest BCUT2D eigenvalue weighted by Gasteiger charge is -2.26. The number of carbonyl (C=O) groups is 1. The molecule has 0 spiro atoms. The molecule has 2 N–H and O–H groups in total. The molecule has 1 amide bonds. The maximum atomic E-state index is 10.4. The number of likely N-dealkylation sites (N-methyl/N-ethyl adjacent to an activating group) is 1. The smallest absolute Gasteiger partial charge is 0.407 e. The minimum Gasteiger partial charge on any atom is -0.465 e. The van der Waals surface area contributed by atoms with E-state index in [9.17, 15) is 4.79 Å². The van der Waals surface area contributed by atoms with Gasteiger partial charge in [0.25, 0.3) is 0 Å². The first-order chi connectivity index (χ1) is 5.70.